The molecule has 2 heterocycles. The zero-order valence-corrected chi connectivity index (χ0v) is 17.9. The first-order valence-electron chi connectivity index (χ1n) is 10.7. The van der Waals surface area contributed by atoms with Crippen molar-refractivity contribution in [1.29, 1.82) is 0 Å². The molecule has 1 aromatic heterocycles. The molecule has 0 radical (unpaired) electrons. The summed E-state index contributed by atoms with van der Waals surface area (Å²) in [5.74, 6) is 0.223. The standard InChI is InChI=1S/C25H30N4O/c1-20-18-21(2)29(26-20)17-14-27-12-15-28(16-13-27)25(30)19-22-8-10-24(11-9-22)23-6-4-3-5-7-23/h3-11,18H,12-17,19H2,1-2H3. The maximum absolute atomic E-state index is 12.7. The molecule has 3 aromatic rings. The van der Waals surface area contributed by atoms with E-state index in [0.29, 0.717) is 6.42 Å². The van der Waals surface area contributed by atoms with Crippen LogP contribution in [-0.4, -0.2) is 58.2 Å². The Kier molecular flexibility index (Phi) is 6.29. The number of piperazine rings is 1. The lowest BCUT2D eigenvalue weighted by Crippen LogP contribution is -2.49. The van der Waals surface area contributed by atoms with Crippen molar-refractivity contribution >= 4 is 5.91 Å². The molecule has 0 bridgehead atoms. The molecule has 5 nitrogen and oxygen atoms in total. The summed E-state index contributed by atoms with van der Waals surface area (Å²) in [4.78, 5) is 17.2. The molecule has 1 amide bonds. The van der Waals surface area contributed by atoms with E-state index in [1.54, 1.807) is 0 Å². The maximum Gasteiger partial charge on any atom is 0.227 e. The van der Waals surface area contributed by atoms with E-state index < -0.39 is 0 Å². The van der Waals surface area contributed by atoms with E-state index in [-0.39, 0.29) is 5.91 Å². The highest BCUT2D eigenvalue weighted by atomic mass is 16.2. The zero-order chi connectivity index (χ0) is 20.9. The lowest BCUT2D eigenvalue weighted by atomic mass is 10.0. The van der Waals surface area contributed by atoms with Crippen molar-refractivity contribution in [1.82, 2.24) is 19.6 Å². The summed E-state index contributed by atoms with van der Waals surface area (Å²) in [6.45, 7) is 9.48. The van der Waals surface area contributed by atoms with Gasteiger partial charge in [0.05, 0.1) is 18.7 Å². The highest BCUT2D eigenvalue weighted by Gasteiger charge is 2.21. The minimum Gasteiger partial charge on any atom is -0.340 e. The Balaban J connectivity index is 1.25. The number of carbonyl (C=O) groups excluding carboxylic acids is 1. The van der Waals surface area contributed by atoms with Crippen LogP contribution in [0.2, 0.25) is 0 Å². The molecule has 0 N–H and O–H groups in total. The quantitative estimate of drug-likeness (QED) is 0.633. The third-order valence-electron chi connectivity index (χ3n) is 5.87. The van der Waals surface area contributed by atoms with Gasteiger partial charge in [-0.3, -0.25) is 14.4 Å². The first-order valence-corrected chi connectivity index (χ1v) is 10.7. The number of rotatable bonds is 6. The molecule has 4 rings (SSSR count). The number of hydrogen-bond donors (Lipinski definition) is 0. The fourth-order valence-electron chi connectivity index (χ4n) is 4.09. The number of benzene rings is 2. The van der Waals surface area contributed by atoms with Crippen molar-refractivity contribution in [2.45, 2.75) is 26.8 Å². The molecular weight excluding hydrogens is 372 g/mol. The van der Waals surface area contributed by atoms with Gasteiger partial charge in [-0.05, 0) is 36.6 Å². The second kappa shape index (κ2) is 9.26. The van der Waals surface area contributed by atoms with Crippen molar-refractivity contribution in [3.63, 3.8) is 0 Å². The van der Waals surface area contributed by atoms with E-state index in [9.17, 15) is 4.79 Å². The summed E-state index contributed by atoms with van der Waals surface area (Å²) in [5, 5.41) is 4.54. The summed E-state index contributed by atoms with van der Waals surface area (Å²) in [6.07, 6.45) is 0.473. The molecule has 0 unspecified atom stereocenters. The van der Waals surface area contributed by atoms with Gasteiger partial charge in [-0.1, -0.05) is 54.6 Å². The molecule has 1 fully saturated rings. The molecule has 30 heavy (non-hydrogen) atoms. The van der Waals surface area contributed by atoms with Crippen molar-refractivity contribution in [2.24, 2.45) is 0 Å². The van der Waals surface area contributed by atoms with E-state index in [1.807, 2.05) is 30.0 Å². The van der Waals surface area contributed by atoms with Crippen LogP contribution in [0.1, 0.15) is 17.0 Å². The zero-order valence-electron chi connectivity index (χ0n) is 17.9. The smallest absolute Gasteiger partial charge is 0.227 e. The molecule has 0 spiro atoms. The normalized spacial score (nSPS) is 14.8. The highest BCUT2D eigenvalue weighted by Crippen LogP contribution is 2.19. The molecule has 1 saturated heterocycles. The molecule has 1 aliphatic rings. The molecule has 2 aromatic carbocycles. The number of carbonyl (C=O) groups is 1. The number of amides is 1. The summed E-state index contributed by atoms with van der Waals surface area (Å²) >= 11 is 0. The van der Waals surface area contributed by atoms with Gasteiger partial charge in [-0.25, -0.2) is 0 Å². The predicted molar refractivity (Wildman–Crippen MR) is 120 cm³/mol. The van der Waals surface area contributed by atoms with Crippen LogP contribution in [0.3, 0.4) is 0 Å². The second-order valence-electron chi connectivity index (χ2n) is 8.11. The van der Waals surface area contributed by atoms with Gasteiger partial charge < -0.3 is 4.90 Å². The molecule has 0 saturated carbocycles. The second-order valence-corrected chi connectivity index (χ2v) is 8.11. The van der Waals surface area contributed by atoms with Gasteiger partial charge in [-0.2, -0.15) is 5.10 Å². The monoisotopic (exact) mass is 402 g/mol. The van der Waals surface area contributed by atoms with E-state index in [2.05, 4.69) is 64.1 Å². The molecule has 5 heteroatoms. The van der Waals surface area contributed by atoms with Gasteiger partial charge in [0, 0.05) is 38.4 Å². The Morgan fingerprint density at radius 3 is 2.17 bits per heavy atom. The van der Waals surface area contributed by atoms with Gasteiger partial charge in [0.1, 0.15) is 0 Å². The maximum atomic E-state index is 12.7. The average Bonchev–Trinajstić information content (AvgIpc) is 3.10. The topological polar surface area (TPSA) is 41.4 Å². The number of aromatic nitrogens is 2. The Hall–Kier alpha value is -2.92. The van der Waals surface area contributed by atoms with Crippen LogP contribution in [-0.2, 0) is 17.8 Å². The van der Waals surface area contributed by atoms with Gasteiger partial charge >= 0.3 is 0 Å². The summed E-state index contributed by atoms with van der Waals surface area (Å²) in [7, 11) is 0. The minimum absolute atomic E-state index is 0.223. The third kappa shape index (κ3) is 4.97. The molecule has 156 valence electrons. The molecule has 0 atom stereocenters. The van der Waals surface area contributed by atoms with Crippen molar-refractivity contribution in [2.75, 3.05) is 32.7 Å². The van der Waals surface area contributed by atoms with Crippen LogP contribution >= 0.6 is 0 Å². The number of aryl methyl sites for hydroxylation is 2. The van der Waals surface area contributed by atoms with Crippen LogP contribution in [0.15, 0.2) is 60.7 Å². The summed E-state index contributed by atoms with van der Waals surface area (Å²) < 4.78 is 2.08. The number of nitrogens with zero attached hydrogens (tertiary/aromatic N) is 4. The van der Waals surface area contributed by atoms with Gasteiger partial charge in [0.15, 0.2) is 0 Å². The average molecular weight is 403 g/mol. The van der Waals surface area contributed by atoms with Crippen molar-refractivity contribution in [3.8, 4) is 11.1 Å². The molecule has 0 aliphatic carbocycles. The van der Waals surface area contributed by atoms with Crippen LogP contribution in [0.25, 0.3) is 11.1 Å². The summed E-state index contributed by atoms with van der Waals surface area (Å²) in [6, 6.07) is 20.8. The first-order chi connectivity index (χ1) is 14.6. The third-order valence-corrected chi connectivity index (χ3v) is 5.87. The van der Waals surface area contributed by atoms with E-state index >= 15 is 0 Å². The van der Waals surface area contributed by atoms with Crippen molar-refractivity contribution < 1.29 is 4.79 Å². The van der Waals surface area contributed by atoms with Gasteiger partial charge in [0.25, 0.3) is 0 Å². The van der Waals surface area contributed by atoms with E-state index in [1.165, 1.54) is 16.8 Å². The number of hydrogen-bond acceptors (Lipinski definition) is 3. The lowest BCUT2D eigenvalue weighted by Gasteiger charge is -2.34. The SMILES string of the molecule is Cc1cc(C)n(CCN2CCN(C(=O)Cc3ccc(-c4ccccc4)cc3)CC2)n1. The van der Waals surface area contributed by atoms with Gasteiger partial charge in [0.2, 0.25) is 5.91 Å². The van der Waals surface area contributed by atoms with Crippen LogP contribution < -0.4 is 0 Å². The Morgan fingerprint density at radius 1 is 0.867 bits per heavy atom. The van der Waals surface area contributed by atoms with E-state index in [4.69, 9.17) is 0 Å². The van der Waals surface area contributed by atoms with Crippen molar-refractivity contribution in [3.05, 3.63) is 77.6 Å². The summed E-state index contributed by atoms with van der Waals surface area (Å²) in [5.41, 5.74) is 5.74. The fourth-order valence-corrected chi connectivity index (χ4v) is 4.09. The first kappa shape index (κ1) is 20.4. The fraction of sp³-hybridized carbons (Fsp3) is 0.360. The minimum atomic E-state index is 0.223. The highest BCUT2D eigenvalue weighted by molar-refractivity contribution is 5.79. The van der Waals surface area contributed by atoms with Crippen LogP contribution in [0.5, 0.6) is 0 Å². The molecule has 1 aliphatic heterocycles. The van der Waals surface area contributed by atoms with Gasteiger partial charge in [-0.15, -0.1) is 0 Å². The largest absolute Gasteiger partial charge is 0.340 e. The Bertz CT molecular complexity index is 970. The Labute approximate surface area is 178 Å². The predicted octanol–water partition coefficient (Wildman–Crippen LogP) is 3.55. The van der Waals surface area contributed by atoms with Crippen LogP contribution in [0.4, 0.5) is 0 Å². The Morgan fingerprint density at radius 2 is 1.53 bits per heavy atom. The lowest BCUT2D eigenvalue weighted by molar-refractivity contribution is -0.132. The van der Waals surface area contributed by atoms with Crippen LogP contribution in [0, 0.1) is 13.8 Å². The molecular formula is C25H30N4O. The van der Waals surface area contributed by atoms with E-state index in [0.717, 1.165) is 50.5 Å².